The van der Waals surface area contributed by atoms with Crippen LogP contribution in [0.5, 0.6) is 5.75 Å². The number of ether oxygens (including phenoxy) is 1. The van der Waals surface area contributed by atoms with Crippen LogP contribution in [0.4, 0.5) is 0 Å². The van der Waals surface area contributed by atoms with Gasteiger partial charge in [-0.15, -0.1) is 0 Å². The molecule has 1 rings (SSSR count). The highest BCUT2D eigenvalue weighted by Gasteiger charge is 2.12. The minimum Gasteiger partial charge on any atom is -0.497 e. The zero-order valence-corrected chi connectivity index (χ0v) is 8.15. The number of nitrogens with zero attached hydrogens (tertiary/aromatic N) is 1. The van der Waals surface area contributed by atoms with Gasteiger partial charge in [0.2, 0.25) is 11.0 Å². The van der Waals surface area contributed by atoms with Crippen molar-refractivity contribution < 1.29 is 14.7 Å². The van der Waals surface area contributed by atoms with Crippen molar-refractivity contribution in [2.75, 3.05) is 7.11 Å². The monoisotopic (exact) mass is 213 g/mol. The lowest BCUT2D eigenvalue weighted by molar-refractivity contribution is 0.106. The van der Waals surface area contributed by atoms with Gasteiger partial charge in [0.05, 0.1) is 7.11 Å². The minimum absolute atomic E-state index is 0.312. The highest BCUT2D eigenvalue weighted by atomic mass is 35.5. The summed E-state index contributed by atoms with van der Waals surface area (Å²) in [4.78, 5) is 11.4. The molecular formula is C9H8ClNO3. The molecule has 4 nitrogen and oxygen atoms in total. The summed E-state index contributed by atoms with van der Waals surface area (Å²) in [6, 6.07) is 6.41. The molecular weight excluding hydrogens is 206 g/mol. The molecule has 0 aliphatic carbocycles. The van der Waals surface area contributed by atoms with Crippen LogP contribution in [0.25, 0.3) is 0 Å². The molecule has 0 aliphatic rings. The smallest absolute Gasteiger partial charge is 0.226 e. The fraction of sp³-hybridized carbons (Fsp3) is 0.111. The van der Waals surface area contributed by atoms with E-state index < -0.39 is 11.0 Å². The van der Waals surface area contributed by atoms with E-state index in [-0.39, 0.29) is 0 Å². The third-order valence-electron chi connectivity index (χ3n) is 1.61. The van der Waals surface area contributed by atoms with Crippen molar-refractivity contribution in [3.8, 4) is 5.75 Å². The summed E-state index contributed by atoms with van der Waals surface area (Å²) in [5.41, 5.74) is 0.312. The molecule has 0 fully saturated rings. The molecule has 0 amide bonds. The van der Waals surface area contributed by atoms with Gasteiger partial charge in [0.1, 0.15) is 5.75 Å². The molecule has 14 heavy (non-hydrogen) atoms. The maximum atomic E-state index is 11.4. The maximum Gasteiger partial charge on any atom is 0.226 e. The Kier molecular flexibility index (Phi) is 3.48. The largest absolute Gasteiger partial charge is 0.497 e. The fourth-order valence-corrected chi connectivity index (χ4v) is 1.04. The van der Waals surface area contributed by atoms with E-state index in [1.54, 1.807) is 18.2 Å². The van der Waals surface area contributed by atoms with E-state index in [2.05, 4.69) is 5.16 Å². The average molecular weight is 214 g/mol. The molecule has 0 spiro atoms. The van der Waals surface area contributed by atoms with E-state index in [1.807, 2.05) is 0 Å². The van der Waals surface area contributed by atoms with E-state index in [9.17, 15) is 4.79 Å². The van der Waals surface area contributed by atoms with Crippen LogP contribution in [0.3, 0.4) is 0 Å². The third-order valence-corrected chi connectivity index (χ3v) is 1.85. The Morgan fingerprint density at radius 3 is 2.86 bits per heavy atom. The zero-order valence-electron chi connectivity index (χ0n) is 7.40. The minimum atomic E-state index is -0.548. The fourth-order valence-electron chi connectivity index (χ4n) is 0.929. The quantitative estimate of drug-likeness (QED) is 0.361. The molecule has 0 atom stereocenters. The Morgan fingerprint density at radius 1 is 1.57 bits per heavy atom. The highest BCUT2D eigenvalue weighted by Crippen LogP contribution is 2.13. The van der Waals surface area contributed by atoms with Crippen molar-refractivity contribution in [2.24, 2.45) is 5.16 Å². The molecule has 0 aromatic heterocycles. The Bertz CT molecular complexity index is 376. The third kappa shape index (κ3) is 2.23. The van der Waals surface area contributed by atoms with Crippen molar-refractivity contribution >= 4 is 22.6 Å². The predicted octanol–water partition coefficient (Wildman–Crippen LogP) is 1.90. The zero-order chi connectivity index (χ0) is 10.6. The van der Waals surface area contributed by atoms with Crippen LogP contribution in [-0.2, 0) is 0 Å². The molecule has 74 valence electrons. The van der Waals surface area contributed by atoms with Gasteiger partial charge in [0, 0.05) is 5.56 Å². The Morgan fingerprint density at radius 2 is 2.29 bits per heavy atom. The van der Waals surface area contributed by atoms with Crippen molar-refractivity contribution in [1.82, 2.24) is 0 Å². The molecule has 0 saturated carbocycles. The summed E-state index contributed by atoms with van der Waals surface area (Å²) in [7, 11) is 1.49. The molecule has 0 heterocycles. The van der Waals surface area contributed by atoms with E-state index in [0.29, 0.717) is 11.3 Å². The van der Waals surface area contributed by atoms with E-state index in [1.165, 1.54) is 13.2 Å². The van der Waals surface area contributed by atoms with Crippen LogP contribution >= 0.6 is 11.6 Å². The first-order valence-corrected chi connectivity index (χ1v) is 4.13. The molecule has 0 radical (unpaired) electrons. The number of rotatable bonds is 3. The van der Waals surface area contributed by atoms with Crippen LogP contribution in [0, 0.1) is 0 Å². The summed E-state index contributed by atoms with van der Waals surface area (Å²) < 4.78 is 4.92. The number of halogens is 1. The van der Waals surface area contributed by atoms with Gasteiger partial charge in [-0.2, -0.15) is 0 Å². The van der Waals surface area contributed by atoms with E-state index in [4.69, 9.17) is 21.5 Å². The normalized spacial score (nSPS) is 11.1. The maximum absolute atomic E-state index is 11.4. The summed E-state index contributed by atoms with van der Waals surface area (Å²) in [6.07, 6.45) is 0. The molecule has 0 aliphatic heterocycles. The predicted molar refractivity (Wildman–Crippen MR) is 52.4 cm³/mol. The Hall–Kier alpha value is -1.55. The number of hydrogen-bond acceptors (Lipinski definition) is 4. The van der Waals surface area contributed by atoms with Crippen LogP contribution < -0.4 is 4.74 Å². The number of hydrogen-bond donors (Lipinski definition) is 1. The summed E-state index contributed by atoms with van der Waals surface area (Å²) >= 11 is 5.36. The van der Waals surface area contributed by atoms with Gasteiger partial charge >= 0.3 is 0 Å². The van der Waals surface area contributed by atoms with E-state index in [0.717, 1.165) is 0 Å². The van der Waals surface area contributed by atoms with Crippen molar-refractivity contribution in [3.63, 3.8) is 0 Å². The van der Waals surface area contributed by atoms with Gasteiger partial charge in [-0.25, -0.2) is 0 Å². The molecule has 1 aromatic carbocycles. The van der Waals surface area contributed by atoms with Gasteiger partial charge in [0.15, 0.2) is 0 Å². The Balaban J connectivity index is 3.01. The van der Waals surface area contributed by atoms with Crippen molar-refractivity contribution in [1.29, 1.82) is 0 Å². The van der Waals surface area contributed by atoms with Gasteiger partial charge < -0.3 is 9.94 Å². The number of oxime groups is 1. The molecule has 0 bridgehead atoms. The lowest BCUT2D eigenvalue weighted by atomic mass is 10.1. The molecule has 5 heteroatoms. The first-order chi connectivity index (χ1) is 6.69. The summed E-state index contributed by atoms with van der Waals surface area (Å²) in [5.74, 6) is -0.00803. The Labute approximate surface area is 85.7 Å². The molecule has 1 aromatic rings. The standard InChI is InChI=1S/C9H8ClNO3/c1-14-7-4-2-3-6(5-7)8(12)9(10)11-13/h2-5,13H,1H3/b11-9-. The van der Waals surface area contributed by atoms with E-state index >= 15 is 0 Å². The topological polar surface area (TPSA) is 58.9 Å². The van der Waals surface area contributed by atoms with Crippen LogP contribution in [-0.4, -0.2) is 23.3 Å². The van der Waals surface area contributed by atoms with Gasteiger partial charge in [0.25, 0.3) is 0 Å². The molecule has 0 saturated heterocycles. The second-order valence-corrected chi connectivity index (χ2v) is 2.81. The highest BCUT2D eigenvalue weighted by molar-refractivity contribution is 6.84. The van der Waals surface area contributed by atoms with Crippen molar-refractivity contribution in [2.45, 2.75) is 0 Å². The lowest BCUT2D eigenvalue weighted by Gasteiger charge is -2.01. The second-order valence-electron chi connectivity index (χ2n) is 2.45. The first kappa shape index (κ1) is 10.5. The number of Topliss-reactive ketones (excluding diaryl/α,β-unsaturated/α-hetero) is 1. The summed E-state index contributed by atoms with van der Waals surface area (Å²) in [6.45, 7) is 0. The number of carbonyl (C=O) groups is 1. The molecule has 1 N–H and O–H groups in total. The SMILES string of the molecule is COc1cccc(C(=O)/C(Cl)=N/O)c1. The lowest BCUT2D eigenvalue weighted by Crippen LogP contribution is -2.07. The second kappa shape index (κ2) is 4.62. The van der Waals surface area contributed by atoms with Gasteiger partial charge in [-0.1, -0.05) is 28.9 Å². The van der Waals surface area contributed by atoms with Crippen LogP contribution in [0.15, 0.2) is 29.4 Å². The summed E-state index contributed by atoms with van der Waals surface area (Å²) in [5, 5.41) is 10.4. The van der Waals surface area contributed by atoms with Gasteiger partial charge in [-0.05, 0) is 12.1 Å². The average Bonchev–Trinajstić information content (AvgIpc) is 2.27. The number of ketones is 1. The molecule has 0 unspecified atom stereocenters. The first-order valence-electron chi connectivity index (χ1n) is 3.75. The number of benzene rings is 1. The number of methoxy groups -OCH3 is 1. The van der Waals surface area contributed by atoms with Gasteiger partial charge in [-0.3, -0.25) is 4.79 Å². The van der Waals surface area contributed by atoms with Crippen LogP contribution in [0.2, 0.25) is 0 Å². The van der Waals surface area contributed by atoms with Crippen molar-refractivity contribution in [3.05, 3.63) is 29.8 Å². The van der Waals surface area contributed by atoms with Crippen LogP contribution in [0.1, 0.15) is 10.4 Å². The number of carbonyl (C=O) groups excluding carboxylic acids is 1.